The molecule has 0 fully saturated rings. The SMILES string of the molecule is Cc1ccc2nc(C)cc(N/N=C/c3ccc(Cl)cc3)c2c1. The molecule has 0 amide bonds. The number of fused-ring (bicyclic) bond motifs is 1. The Labute approximate surface area is 134 Å². The van der Waals surface area contributed by atoms with Gasteiger partial charge in [0.1, 0.15) is 0 Å². The second-order valence-electron chi connectivity index (χ2n) is 5.25. The van der Waals surface area contributed by atoms with E-state index < -0.39 is 0 Å². The second kappa shape index (κ2) is 6.16. The molecule has 0 aliphatic heterocycles. The summed E-state index contributed by atoms with van der Waals surface area (Å²) in [4.78, 5) is 4.55. The Morgan fingerprint density at radius 1 is 1.05 bits per heavy atom. The van der Waals surface area contributed by atoms with E-state index in [-0.39, 0.29) is 0 Å². The molecule has 0 saturated carbocycles. The molecule has 1 heterocycles. The van der Waals surface area contributed by atoms with Gasteiger partial charge >= 0.3 is 0 Å². The van der Waals surface area contributed by atoms with Gasteiger partial charge in [0.2, 0.25) is 0 Å². The van der Waals surface area contributed by atoms with Crippen molar-refractivity contribution in [2.45, 2.75) is 13.8 Å². The predicted octanol–water partition coefficient (Wildman–Crippen LogP) is 4.95. The Kier molecular flexibility index (Phi) is 4.07. The van der Waals surface area contributed by atoms with Crippen LogP contribution in [-0.2, 0) is 0 Å². The van der Waals surface area contributed by atoms with Crippen molar-refractivity contribution in [3.63, 3.8) is 0 Å². The number of anilines is 1. The third kappa shape index (κ3) is 3.26. The van der Waals surface area contributed by atoms with Crippen LogP contribution in [0.4, 0.5) is 5.69 Å². The Bertz CT molecular complexity index is 839. The molecule has 0 bridgehead atoms. The number of rotatable bonds is 3. The van der Waals surface area contributed by atoms with Crippen LogP contribution in [0, 0.1) is 13.8 Å². The average Bonchev–Trinajstić information content (AvgIpc) is 2.50. The molecule has 1 aromatic heterocycles. The first-order valence-electron chi connectivity index (χ1n) is 7.04. The van der Waals surface area contributed by atoms with E-state index in [1.807, 2.05) is 43.3 Å². The van der Waals surface area contributed by atoms with Gasteiger partial charge in [-0.1, -0.05) is 35.4 Å². The van der Waals surface area contributed by atoms with Crippen molar-refractivity contribution in [2.75, 3.05) is 5.43 Å². The summed E-state index contributed by atoms with van der Waals surface area (Å²) in [5.74, 6) is 0. The third-order valence-electron chi connectivity index (χ3n) is 3.36. The van der Waals surface area contributed by atoms with E-state index in [1.54, 1.807) is 6.21 Å². The number of benzene rings is 2. The first kappa shape index (κ1) is 14.5. The van der Waals surface area contributed by atoms with Crippen LogP contribution in [-0.4, -0.2) is 11.2 Å². The highest BCUT2D eigenvalue weighted by atomic mass is 35.5. The van der Waals surface area contributed by atoms with Crippen LogP contribution in [0.5, 0.6) is 0 Å². The Morgan fingerprint density at radius 2 is 1.82 bits per heavy atom. The zero-order valence-corrected chi connectivity index (χ0v) is 13.2. The van der Waals surface area contributed by atoms with E-state index in [1.165, 1.54) is 5.56 Å². The normalized spacial score (nSPS) is 11.2. The minimum atomic E-state index is 0.719. The fourth-order valence-corrected chi connectivity index (χ4v) is 2.42. The number of nitrogens with zero attached hydrogens (tertiary/aromatic N) is 2. The summed E-state index contributed by atoms with van der Waals surface area (Å²) in [6.45, 7) is 4.05. The fourth-order valence-electron chi connectivity index (χ4n) is 2.29. The highest BCUT2D eigenvalue weighted by Crippen LogP contribution is 2.24. The molecule has 4 heteroatoms. The molecule has 2 aromatic carbocycles. The number of halogens is 1. The van der Waals surface area contributed by atoms with Gasteiger partial charge in [-0.25, -0.2) is 0 Å². The lowest BCUT2D eigenvalue weighted by Crippen LogP contribution is -1.95. The van der Waals surface area contributed by atoms with Crippen molar-refractivity contribution in [1.82, 2.24) is 4.98 Å². The largest absolute Gasteiger partial charge is 0.278 e. The highest BCUT2D eigenvalue weighted by Gasteiger charge is 2.03. The molecule has 0 aliphatic carbocycles. The van der Waals surface area contributed by atoms with E-state index in [4.69, 9.17) is 11.6 Å². The van der Waals surface area contributed by atoms with E-state index in [2.05, 4.69) is 34.6 Å². The van der Waals surface area contributed by atoms with E-state index >= 15 is 0 Å². The van der Waals surface area contributed by atoms with Crippen molar-refractivity contribution in [3.8, 4) is 0 Å². The molecular formula is C18H16ClN3. The molecule has 0 aliphatic rings. The Hall–Kier alpha value is -2.39. The molecule has 0 spiro atoms. The summed E-state index contributed by atoms with van der Waals surface area (Å²) in [7, 11) is 0. The number of pyridine rings is 1. The zero-order chi connectivity index (χ0) is 15.5. The first-order chi connectivity index (χ1) is 10.6. The molecule has 3 rings (SSSR count). The Balaban J connectivity index is 1.90. The number of hydrazone groups is 1. The zero-order valence-electron chi connectivity index (χ0n) is 12.5. The minimum absolute atomic E-state index is 0.719. The molecule has 0 radical (unpaired) electrons. The maximum atomic E-state index is 5.87. The molecule has 1 N–H and O–H groups in total. The lowest BCUT2D eigenvalue weighted by molar-refractivity contribution is 1.24. The quantitative estimate of drug-likeness (QED) is 0.549. The highest BCUT2D eigenvalue weighted by molar-refractivity contribution is 6.30. The molecule has 3 nitrogen and oxygen atoms in total. The van der Waals surface area contributed by atoms with Crippen LogP contribution >= 0.6 is 11.6 Å². The molecule has 0 saturated heterocycles. The third-order valence-corrected chi connectivity index (χ3v) is 3.61. The molecule has 0 atom stereocenters. The maximum Gasteiger partial charge on any atom is 0.0726 e. The van der Waals surface area contributed by atoms with Crippen LogP contribution in [0.15, 0.2) is 53.6 Å². The van der Waals surface area contributed by atoms with Crippen molar-refractivity contribution < 1.29 is 0 Å². The topological polar surface area (TPSA) is 37.3 Å². The van der Waals surface area contributed by atoms with Gasteiger partial charge in [-0.05, 0) is 49.7 Å². The standard InChI is InChI=1S/C18H16ClN3/c1-12-3-8-17-16(9-12)18(10-13(2)21-17)22-20-11-14-4-6-15(19)7-5-14/h3-11H,1-2H3,(H,21,22)/b20-11+. The number of aromatic nitrogens is 1. The number of hydrogen-bond donors (Lipinski definition) is 1. The molecule has 22 heavy (non-hydrogen) atoms. The summed E-state index contributed by atoms with van der Waals surface area (Å²) in [6.07, 6.45) is 1.77. The number of nitrogens with one attached hydrogen (secondary N) is 1. The van der Waals surface area contributed by atoms with Crippen molar-refractivity contribution >= 4 is 34.4 Å². The lowest BCUT2D eigenvalue weighted by Gasteiger charge is -2.08. The monoisotopic (exact) mass is 309 g/mol. The average molecular weight is 310 g/mol. The van der Waals surface area contributed by atoms with Gasteiger partial charge in [0, 0.05) is 16.1 Å². The summed E-state index contributed by atoms with van der Waals surface area (Å²) < 4.78 is 0. The maximum absolute atomic E-state index is 5.87. The van der Waals surface area contributed by atoms with Gasteiger partial charge in [-0.2, -0.15) is 5.10 Å². The first-order valence-corrected chi connectivity index (χ1v) is 7.42. The van der Waals surface area contributed by atoms with Crippen molar-refractivity contribution in [2.24, 2.45) is 5.10 Å². The Morgan fingerprint density at radius 3 is 2.59 bits per heavy atom. The molecular weight excluding hydrogens is 294 g/mol. The van der Waals surface area contributed by atoms with Crippen molar-refractivity contribution in [3.05, 3.63) is 70.4 Å². The van der Waals surface area contributed by atoms with E-state index in [9.17, 15) is 0 Å². The fraction of sp³-hybridized carbons (Fsp3) is 0.111. The van der Waals surface area contributed by atoms with Gasteiger partial charge in [0.15, 0.2) is 0 Å². The van der Waals surface area contributed by atoms with Gasteiger partial charge in [-0.3, -0.25) is 10.4 Å². The van der Waals surface area contributed by atoms with Gasteiger partial charge < -0.3 is 0 Å². The van der Waals surface area contributed by atoms with Gasteiger partial charge in [-0.15, -0.1) is 0 Å². The van der Waals surface area contributed by atoms with E-state index in [0.29, 0.717) is 0 Å². The van der Waals surface area contributed by atoms with E-state index in [0.717, 1.165) is 32.9 Å². The van der Waals surface area contributed by atoms with Gasteiger partial charge in [0.25, 0.3) is 0 Å². The number of aryl methyl sites for hydroxylation is 2. The van der Waals surface area contributed by atoms with Crippen LogP contribution < -0.4 is 5.43 Å². The van der Waals surface area contributed by atoms with Crippen molar-refractivity contribution in [1.29, 1.82) is 0 Å². The number of hydrogen-bond acceptors (Lipinski definition) is 3. The van der Waals surface area contributed by atoms with Crippen LogP contribution in [0.2, 0.25) is 5.02 Å². The van der Waals surface area contributed by atoms with Crippen LogP contribution in [0.1, 0.15) is 16.8 Å². The van der Waals surface area contributed by atoms with Crippen LogP contribution in [0.25, 0.3) is 10.9 Å². The van der Waals surface area contributed by atoms with Gasteiger partial charge in [0.05, 0.1) is 17.4 Å². The predicted molar refractivity (Wildman–Crippen MR) is 93.9 cm³/mol. The summed E-state index contributed by atoms with van der Waals surface area (Å²) in [5, 5.41) is 6.10. The second-order valence-corrected chi connectivity index (χ2v) is 5.69. The summed E-state index contributed by atoms with van der Waals surface area (Å²) >= 11 is 5.87. The summed E-state index contributed by atoms with van der Waals surface area (Å²) in [6, 6.07) is 15.8. The smallest absolute Gasteiger partial charge is 0.0726 e. The minimum Gasteiger partial charge on any atom is -0.278 e. The molecule has 110 valence electrons. The lowest BCUT2D eigenvalue weighted by atomic mass is 10.1. The molecule has 0 unspecified atom stereocenters. The molecule has 3 aromatic rings. The summed E-state index contributed by atoms with van der Waals surface area (Å²) in [5.41, 5.74) is 8.18. The van der Waals surface area contributed by atoms with Crippen LogP contribution in [0.3, 0.4) is 0 Å².